The van der Waals surface area contributed by atoms with Crippen LogP contribution in [0.15, 0.2) is 66.1 Å². The number of anilines is 1. The van der Waals surface area contributed by atoms with Crippen LogP contribution in [0.1, 0.15) is 56.9 Å². The minimum Gasteiger partial charge on any atom is -0.481 e. The third-order valence-electron chi connectivity index (χ3n) is 9.20. The number of carbonyl (C=O) groups excluding carboxylic acids is 2. The van der Waals surface area contributed by atoms with Crippen molar-refractivity contribution in [1.29, 1.82) is 0 Å². The van der Waals surface area contributed by atoms with Crippen LogP contribution in [0.3, 0.4) is 0 Å². The Morgan fingerprint density at radius 2 is 1.98 bits per heavy atom. The van der Waals surface area contributed by atoms with Crippen LogP contribution in [-0.4, -0.2) is 57.4 Å². The monoisotopic (exact) mass is 631 g/mol. The van der Waals surface area contributed by atoms with Gasteiger partial charge in [-0.3, -0.25) is 14.4 Å². The first kappa shape index (κ1) is 31.0. The third-order valence-corrected chi connectivity index (χ3v) is 9.93. The summed E-state index contributed by atoms with van der Waals surface area (Å²) in [6, 6.07) is 12.8. The van der Waals surface area contributed by atoms with Crippen LogP contribution in [-0.2, 0) is 14.4 Å². The number of aliphatic carboxylic acids is 1. The van der Waals surface area contributed by atoms with Crippen LogP contribution in [0.5, 0.6) is 5.19 Å². The van der Waals surface area contributed by atoms with Gasteiger partial charge in [0, 0.05) is 29.5 Å². The fourth-order valence-electron chi connectivity index (χ4n) is 6.69. The molecule has 10 heteroatoms. The highest BCUT2D eigenvalue weighted by atomic mass is 32.1. The Bertz CT molecular complexity index is 1570. The van der Waals surface area contributed by atoms with Crippen LogP contribution in [0.2, 0.25) is 0 Å². The van der Waals surface area contributed by atoms with Gasteiger partial charge in [-0.1, -0.05) is 66.7 Å². The second-order valence-electron chi connectivity index (χ2n) is 12.5. The number of carboxylic acids is 1. The molecule has 8 nitrogen and oxygen atoms in total. The zero-order valence-corrected chi connectivity index (χ0v) is 26.1. The van der Waals surface area contributed by atoms with Crippen molar-refractivity contribution in [3.63, 3.8) is 0 Å². The number of fused-ring (bicyclic) bond motifs is 2. The van der Waals surface area contributed by atoms with Crippen molar-refractivity contribution >= 4 is 34.7 Å². The highest BCUT2D eigenvalue weighted by Crippen LogP contribution is 2.57. The van der Waals surface area contributed by atoms with E-state index >= 15 is 0 Å². The Kier molecular flexibility index (Phi) is 9.03. The predicted molar refractivity (Wildman–Crippen MR) is 171 cm³/mol. The maximum atomic E-state index is 14.3. The van der Waals surface area contributed by atoms with Crippen molar-refractivity contribution < 1.29 is 28.6 Å². The largest absolute Gasteiger partial charge is 0.481 e. The van der Waals surface area contributed by atoms with E-state index in [1.807, 2.05) is 47.9 Å². The van der Waals surface area contributed by atoms with Crippen molar-refractivity contribution in [2.75, 3.05) is 11.9 Å². The average Bonchev–Trinajstić information content (AvgIpc) is 3.30. The molecule has 2 fully saturated rings. The summed E-state index contributed by atoms with van der Waals surface area (Å²) in [5.41, 5.74) is 1.83. The van der Waals surface area contributed by atoms with Crippen molar-refractivity contribution in [3.05, 3.63) is 77.4 Å². The lowest BCUT2D eigenvalue weighted by Gasteiger charge is -2.29. The van der Waals surface area contributed by atoms with Gasteiger partial charge in [-0.05, 0) is 62.3 Å². The SMILES string of the molecule is Cc1cc(F)cc(N[C@H]2CCCCC/C=C\[C@@H]3C[C@@]3(C(=O)O)CC(=O)[C@@H]3C[C@@H](Oc4nc(-c5ccccc5)cs4)CN3C2=O)c1. The molecule has 1 saturated heterocycles. The molecule has 1 amide bonds. The topological polar surface area (TPSA) is 109 Å². The van der Waals surface area contributed by atoms with Crippen LogP contribution < -0.4 is 10.1 Å². The summed E-state index contributed by atoms with van der Waals surface area (Å²) in [6.07, 6.45) is 7.87. The van der Waals surface area contributed by atoms with E-state index in [4.69, 9.17) is 4.74 Å². The molecule has 3 heterocycles. The van der Waals surface area contributed by atoms with Gasteiger partial charge in [0.2, 0.25) is 5.91 Å². The minimum absolute atomic E-state index is 0.144. The maximum Gasteiger partial charge on any atom is 0.310 e. The van der Waals surface area contributed by atoms with E-state index in [0.717, 1.165) is 42.5 Å². The number of aryl methyl sites for hydroxylation is 1. The van der Waals surface area contributed by atoms with E-state index < -0.39 is 35.4 Å². The van der Waals surface area contributed by atoms with Crippen molar-refractivity contribution in [3.8, 4) is 16.5 Å². The smallest absolute Gasteiger partial charge is 0.310 e. The van der Waals surface area contributed by atoms with Gasteiger partial charge in [-0.25, -0.2) is 9.37 Å². The lowest BCUT2D eigenvalue weighted by Crippen LogP contribution is -2.48. The fourth-order valence-corrected chi connectivity index (χ4v) is 7.44. The van der Waals surface area contributed by atoms with E-state index in [9.17, 15) is 23.9 Å². The normalized spacial score (nSPS) is 27.9. The van der Waals surface area contributed by atoms with Crippen LogP contribution in [0.4, 0.5) is 10.1 Å². The number of thiazole rings is 1. The van der Waals surface area contributed by atoms with Gasteiger partial charge in [0.1, 0.15) is 18.0 Å². The minimum atomic E-state index is -1.14. The molecule has 1 saturated carbocycles. The molecule has 3 aliphatic rings. The molecule has 6 rings (SSSR count). The van der Waals surface area contributed by atoms with Gasteiger partial charge in [-0.2, -0.15) is 0 Å². The molecular weight excluding hydrogens is 593 g/mol. The Morgan fingerprint density at radius 3 is 2.76 bits per heavy atom. The number of ether oxygens (including phenoxy) is 1. The lowest BCUT2D eigenvalue weighted by atomic mass is 9.92. The molecule has 0 radical (unpaired) electrons. The summed E-state index contributed by atoms with van der Waals surface area (Å²) in [6.45, 7) is 1.96. The van der Waals surface area contributed by atoms with Gasteiger partial charge >= 0.3 is 5.97 Å². The Labute approximate surface area is 266 Å². The average molecular weight is 632 g/mol. The molecular formula is C35H38FN3O5S. The third kappa shape index (κ3) is 6.96. The molecule has 5 atom stereocenters. The number of amides is 1. The molecule has 3 aromatic rings. The molecule has 2 N–H and O–H groups in total. The quantitative estimate of drug-likeness (QED) is 0.293. The van der Waals surface area contributed by atoms with E-state index in [0.29, 0.717) is 23.7 Å². The van der Waals surface area contributed by atoms with Gasteiger partial charge in [0.15, 0.2) is 5.78 Å². The number of halogens is 1. The number of benzene rings is 2. The number of carbonyl (C=O) groups is 3. The lowest BCUT2D eigenvalue weighted by molar-refractivity contribution is -0.147. The molecule has 236 valence electrons. The Morgan fingerprint density at radius 1 is 1.16 bits per heavy atom. The molecule has 45 heavy (non-hydrogen) atoms. The number of aromatic nitrogens is 1. The van der Waals surface area contributed by atoms with Crippen molar-refractivity contribution in [2.45, 2.75) is 76.5 Å². The maximum absolute atomic E-state index is 14.3. The van der Waals surface area contributed by atoms with Crippen molar-refractivity contribution in [1.82, 2.24) is 9.88 Å². The number of allylic oxidation sites excluding steroid dienone is 2. The van der Waals surface area contributed by atoms with Gasteiger partial charge < -0.3 is 20.1 Å². The van der Waals surface area contributed by atoms with Crippen molar-refractivity contribution in [2.24, 2.45) is 11.3 Å². The summed E-state index contributed by atoms with van der Waals surface area (Å²) in [4.78, 5) is 46.9. The van der Waals surface area contributed by atoms with E-state index in [1.54, 1.807) is 17.9 Å². The first-order chi connectivity index (χ1) is 21.7. The fraction of sp³-hybridized carbons (Fsp3) is 0.429. The van der Waals surface area contributed by atoms with E-state index in [-0.39, 0.29) is 37.0 Å². The molecule has 1 aromatic heterocycles. The number of Topliss-reactive ketones (excluding diaryl/α,β-unsaturated/α-hetero) is 1. The second-order valence-corrected chi connectivity index (χ2v) is 13.4. The molecule has 2 aliphatic heterocycles. The van der Waals surface area contributed by atoms with Gasteiger partial charge in [-0.15, -0.1) is 0 Å². The summed E-state index contributed by atoms with van der Waals surface area (Å²) in [7, 11) is 0. The van der Waals surface area contributed by atoms with Gasteiger partial charge in [0.05, 0.1) is 23.7 Å². The number of ketones is 1. The van der Waals surface area contributed by atoms with Crippen LogP contribution in [0, 0.1) is 24.1 Å². The summed E-state index contributed by atoms with van der Waals surface area (Å²) in [5, 5.41) is 15.8. The Hall–Kier alpha value is -4.05. The standard InChI is InChI=1S/C35H38FN3O5S/c1-22-14-25(36)16-26(15-22)37-28-13-9-4-2-3-8-12-24-18-35(24,33(42)43)19-31(40)30-17-27(20-39(30)32(28)41)44-34-38-29(21-45-34)23-10-6-5-7-11-23/h5-8,10-12,14-16,21,24,27-28,30,37H,2-4,9,13,17-20H2,1H3,(H,42,43)/b12-8-/t24-,27-,28+,30+,35-/m1/s1. The highest BCUT2D eigenvalue weighted by Gasteiger charge is 2.61. The number of nitrogens with one attached hydrogen (secondary N) is 1. The number of rotatable bonds is 6. The molecule has 0 bridgehead atoms. The highest BCUT2D eigenvalue weighted by molar-refractivity contribution is 7.11. The molecule has 0 unspecified atom stereocenters. The molecule has 1 aliphatic carbocycles. The number of nitrogens with zero attached hydrogens (tertiary/aromatic N) is 2. The first-order valence-electron chi connectivity index (χ1n) is 15.7. The van der Waals surface area contributed by atoms with Crippen LogP contribution in [0.25, 0.3) is 11.3 Å². The van der Waals surface area contributed by atoms with Crippen LogP contribution >= 0.6 is 11.3 Å². The number of carboxylic acid groups (broad SMARTS) is 1. The van der Waals surface area contributed by atoms with E-state index in [2.05, 4.69) is 10.3 Å². The zero-order chi connectivity index (χ0) is 31.6. The molecule has 2 aromatic carbocycles. The number of hydrogen-bond acceptors (Lipinski definition) is 7. The second kappa shape index (κ2) is 13.1. The van der Waals surface area contributed by atoms with E-state index in [1.165, 1.54) is 23.5 Å². The summed E-state index contributed by atoms with van der Waals surface area (Å²) >= 11 is 1.35. The first-order valence-corrected chi connectivity index (χ1v) is 16.5. The summed E-state index contributed by atoms with van der Waals surface area (Å²) in [5.74, 6) is -2.11. The van der Waals surface area contributed by atoms with Gasteiger partial charge in [0.25, 0.3) is 5.19 Å². The number of hydrogen-bond donors (Lipinski definition) is 2. The molecule has 0 spiro atoms. The summed E-state index contributed by atoms with van der Waals surface area (Å²) < 4.78 is 20.6. The zero-order valence-electron chi connectivity index (χ0n) is 25.3. The predicted octanol–water partition coefficient (Wildman–Crippen LogP) is 6.66. The Balaban J connectivity index is 1.28.